The Morgan fingerprint density at radius 3 is 1.88 bits per heavy atom. The number of hydrogen-bond donors (Lipinski definition) is 0. The molecule has 6 heteroatoms. The second-order valence-corrected chi connectivity index (χ2v) is 5.80. The Bertz CT molecular complexity index is 1030. The molecule has 25 heavy (non-hydrogen) atoms. The van der Waals surface area contributed by atoms with Gasteiger partial charge in [-0.2, -0.15) is 0 Å². The molecule has 1 atom stereocenters. The number of fused-ring (bicyclic) bond motifs is 4. The van der Waals surface area contributed by atoms with Crippen molar-refractivity contribution >= 4 is 53.0 Å². The van der Waals surface area contributed by atoms with E-state index in [-0.39, 0.29) is 59.1 Å². The minimum absolute atomic E-state index is 0. The van der Waals surface area contributed by atoms with Crippen molar-refractivity contribution in [1.29, 1.82) is 0 Å². The molecule has 0 aliphatic carbocycles. The fourth-order valence-corrected chi connectivity index (χ4v) is 3.26. The predicted molar refractivity (Wildman–Crippen MR) is 93.7 cm³/mol. The molecule has 0 N–H and O–H groups in total. The molecule has 0 aliphatic rings. The number of rotatable bonds is 0. The maximum Gasteiger partial charge on any atom is 1.00 e. The minimum atomic E-state index is -2.33. The maximum atomic E-state index is 8.33. The van der Waals surface area contributed by atoms with E-state index in [1.807, 2.05) is 0 Å². The smallest absolute Gasteiger partial charge is 0.652 e. The van der Waals surface area contributed by atoms with Gasteiger partial charge in [-0.25, -0.2) is 0 Å². The van der Waals surface area contributed by atoms with Crippen LogP contribution in [0.25, 0.3) is 32.3 Å². The molecular weight excluding hydrogens is 353 g/mol. The van der Waals surface area contributed by atoms with Crippen LogP contribution in [0.15, 0.2) is 66.7 Å². The van der Waals surface area contributed by atoms with Gasteiger partial charge in [0, 0.05) is 0 Å². The standard InChI is InChI=1S/C18H13P.CH2O3.2Na/c19-17-7-3-6-12-8-9-15-10-13-4-1-2-5-14(13)11-16(15)18(12)17;2-1(3)4;;/h1-11H,19H2;(H2,2,3,4);;/q;;2*+1/p-2. The summed E-state index contributed by atoms with van der Waals surface area (Å²) < 4.78 is 0. The molecule has 0 aliphatic heterocycles. The molecule has 0 heterocycles. The first-order chi connectivity index (χ1) is 11.1. The molecule has 4 aromatic rings. The first-order valence-corrected chi connectivity index (χ1v) is 7.62. The molecular formula is C19H13Na2O3P. The number of carbonyl (C=O) groups is 1. The van der Waals surface area contributed by atoms with Gasteiger partial charge < -0.3 is 15.0 Å². The van der Waals surface area contributed by atoms with Crippen LogP contribution in [0.2, 0.25) is 0 Å². The average Bonchev–Trinajstić information content (AvgIpc) is 2.52. The Morgan fingerprint density at radius 2 is 1.24 bits per heavy atom. The molecule has 0 aromatic heterocycles. The summed E-state index contributed by atoms with van der Waals surface area (Å²) in [7, 11) is 2.85. The van der Waals surface area contributed by atoms with Gasteiger partial charge in [0.15, 0.2) is 0 Å². The van der Waals surface area contributed by atoms with Gasteiger partial charge in [-0.3, -0.25) is 0 Å². The third-order valence-corrected chi connectivity index (χ3v) is 4.24. The summed E-state index contributed by atoms with van der Waals surface area (Å²) in [4.78, 5) is 8.33. The zero-order valence-electron chi connectivity index (χ0n) is 14.2. The molecule has 0 saturated carbocycles. The van der Waals surface area contributed by atoms with Crippen molar-refractivity contribution in [1.82, 2.24) is 0 Å². The molecule has 0 fully saturated rings. The van der Waals surface area contributed by atoms with Gasteiger partial charge in [-0.1, -0.05) is 54.6 Å². The molecule has 0 amide bonds. The fourth-order valence-electron chi connectivity index (χ4n) is 2.83. The van der Waals surface area contributed by atoms with Crippen molar-refractivity contribution in [2.75, 3.05) is 0 Å². The predicted octanol–water partition coefficient (Wildman–Crippen LogP) is -3.79. The average molecular weight is 366 g/mol. The Kier molecular flexibility index (Phi) is 8.86. The van der Waals surface area contributed by atoms with Gasteiger partial charge in [0.1, 0.15) is 0 Å². The normalized spacial score (nSPS) is 9.64. The zero-order chi connectivity index (χ0) is 16.4. The SMILES string of the molecule is O=C([O-])[O-].Pc1cccc2ccc3cc4ccccc4cc3c12.[Na+].[Na+]. The van der Waals surface area contributed by atoms with Crippen molar-refractivity contribution in [3.05, 3.63) is 66.7 Å². The number of carboxylic acid groups (broad SMARTS) is 2. The monoisotopic (exact) mass is 366 g/mol. The number of hydrogen-bond acceptors (Lipinski definition) is 3. The van der Waals surface area contributed by atoms with Crippen LogP contribution in [-0.2, 0) is 0 Å². The second-order valence-electron chi connectivity index (χ2n) is 5.18. The van der Waals surface area contributed by atoms with E-state index in [4.69, 9.17) is 15.0 Å². The van der Waals surface area contributed by atoms with Crippen LogP contribution in [0.1, 0.15) is 0 Å². The summed E-state index contributed by atoms with van der Waals surface area (Å²) in [6.45, 7) is 0. The second kappa shape index (κ2) is 9.89. The van der Waals surface area contributed by atoms with E-state index in [2.05, 4.69) is 76.0 Å². The van der Waals surface area contributed by atoms with Gasteiger partial charge in [0.05, 0.1) is 0 Å². The van der Waals surface area contributed by atoms with Gasteiger partial charge in [-0.15, -0.1) is 9.24 Å². The first kappa shape index (κ1) is 22.4. The number of carbonyl (C=O) groups excluding carboxylic acids is 1. The fraction of sp³-hybridized carbons (Fsp3) is 0. The third kappa shape index (κ3) is 5.18. The van der Waals surface area contributed by atoms with Gasteiger partial charge >= 0.3 is 59.1 Å². The summed E-state index contributed by atoms with van der Waals surface area (Å²) in [5, 5.41) is 25.8. The third-order valence-electron chi connectivity index (χ3n) is 3.76. The van der Waals surface area contributed by atoms with Gasteiger partial charge in [0.25, 0.3) is 0 Å². The van der Waals surface area contributed by atoms with Crippen molar-refractivity contribution in [2.24, 2.45) is 0 Å². The maximum absolute atomic E-state index is 8.33. The molecule has 0 spiro atoms. The van der Waals surface area contributed by atoms with Gasteiger partial charge in [-0.05, 0) is 55.9 Å². The first-order valence-electron chi connectivity index (χ1n) is 7.04. The quantitative estimate of drug-likeness (QED) is 0.139. The molecule has 4 rings (SSSR count). The summed E-state index contributed by atoms with van der Waals surface area (Å²) in [5.74, 6) is 0. The van der Waals surface area contributed by atoms with E-state index in [0.29, 0.717) is 0 Å². The summed E-state index contributed by atoms with van der Waals surface area (Å²) in [5.41, 5.74) is 0. The zero-order valence-corrected chi connectivity index (χ0v) is 19.3. The molecule has 3 nitrogen and oxygen atoms in total. The Balaban J connectivity index is 0.000000476. The van der Waals surface area contributed by atoms with Crippen molar-refractivity contribution < 1.29 is 74.1 Å². The van der Waals surface area contributed by atoms with E-state index in [9.17, 15) is 0 Å². The molecule has 0 saturated heterocycles. The topological polar surface area (TPSA) is 63.2 Å². The van der Waals surface area contributed by atoms with Crippen LogP contribution < -0.4 is 74.6 Å². The van der Waals surface area contributed by atoms with Crippen molar-refractivity contribution in [3.8, 4) is 0 Å². The summed E-state index contributed by atoms with van der Waals surface area (Å²) in [6.07, 6.45) is -2.33. The van der Waals surface area contributed by atoms with E-state index < -0.39 is 6.16 Å². The largest absolute Gasteiger partial charge is 1.00 e. The molecule has 0 radical (unpaired) electrons. The van der Waals surface area contributed by atoms with E-state index in [0.717, 1.165) is 0 Å². The van der Waals surface area contributed by atoms with Crippen LogP contribution in [-0.4, -0.2) is 6.16 Å². The van der Waals surface area contributed by atoms with Crippen LogP contribution in [0.5, 0.6) is 0 Å². The Labute approximate surface area is 192 Å². The van der Waals surface area contributed by atoms with Crippen LogP contribution in [0.3, 0.4) is 0 Å². The number of benzene rings is 4. The summed E-state index contributed by atoms with van der Waals surface area (Å²) >= 11 is 0. The van der Waals surface area contributed by atoms with Crippen LogP contribution in [0, 0.1) is 0 Å². The van der Waals surface area contributed by atoms with E-state index in [1.165, 1.54) is 37.6 Å². The van der Waals surface area contributed by atoms with E-state index >= 15 is 0 Å². The minimum Gasteiger partial charge on any atom is -0.652 e. The van der Waals surface area contributed by atoms with Crippen LogP contribution >= 0.6 is 9.24 Å². The van der Waals surface area contributed by atoms with Crippen molar-refractivity contribution in [2.45, 2.75) is 0 Å². The summed E-state index contributed by atoms with van der Waals surface area (Å²) in [6, 6.07) is 24.0. The Hall–Kier alpha value is -0.640. The molecule has 114 valence electrons. The molecule has 0 bridgehead atoms. The molecule has 1 unspecified atom stereocenters. The van der Waals surface area contributed by atoms with E-state index in [1.54, 1.807) is 0 Å². The van der Waals surface area contributed by atoms with Crippen LogP contribution in [0.4, 0.5) is 4.79 Å². The van der Waals surface area contributed by atoms with Crippen molar-refractivity contribution in [3.63, 3.8) is 0 Å². The Morgan fingerprint density at radius 1 is 0.720 bits per heavy atom. The van der Waals surface area contributed by atoms with Gasteiger partial charge in [0.2, 0.25) is 0 Å². The molecule has 4 aromatic carbocycles.